The van der Waals surface area contributed by atoms with E-state index in [1.165, 1.54) is 12.1 Å². The molecule has 0 spiro atoms. The SMILES string of the molecule is Cc1c(/C=C2\C(=O)Nc3ccc(S(=O)(=O)Cc4c(Cl)cccc4Cl)cc32)[nH]c2c1C(=O)N(C[C@H](O)CN1CCOCC1)CCC2. The van der Waals surface area contributed by atoms with E-state index in [9.17, 15) is 23.1 Å². The first-order chi connectivity index (χ1) is 21.5. The number of aromatic amines is 1. The number of aliphatic hydroxyl groups excluding tert-OH is 1. The Bertz CT molecular complexity index is 1780. The number of ether oxygens (including phenoxy) is 1. The summed E-state index contributed by atoms with van der Waals surface area (Å²) in [5.74, 6) is -0.936. The third kappa shape index (κ3) is 6.56. The third-order valence-electron chi connectivity index (χ3n) is 8.54. The Labute approximate surface area is 271 Å². The van der Waals surface area contributed by atoms with E-state index in [0.717, 1.165) is 25.2 Å². The molecule has 2 aromatic carbocycles. The van der Waals surface area contributed by atoms with Gasteiger partial charge in [0.05, 0.1) is 41.1 Å². The molecule has 4 heterocycles. The standard InChI is InChI=1S/C32H34Cl2N4O6S/c1-19-29(35-28-6-3-9-38(32(41)30(19)28)17-20(39)16-37-10-12-44-13-11-37)15-23-22-14-21(7-8-27(22)36-31(23)40)45(42,43)18-24-25(33)4-2-5-26(24)34/h2,4-5,7-8,14-15,20,35,39H,3,6,9-13,16-18H2,1H3,(H,36,40)/b23-15-/t20-/m1/s1. The Hall–Kier alpha value is -3.19. The maximum Gasteiger partial charge on any atom is 0.256 e. The van der Waals surface area contributed by atoms with Crippen LogP contribution in [0.3, 0.4) is 0 Å². The average molecular weight is 674 g/mol. The lowest BCUT2D eigenvalue weighted by molar-refractivity contribution is -0.110. The van der Waals surface area contributed by atoms with E-state index in [2.05, 4.69) is 15.2 Å². The van der Waals surface area contributed by atoms with Crippen LogP contribution >= 0.6 is 23.2 Å². The van der Waals surface area contributed by atoms with Crippen molar-refractivity contribution in [2.75, 3.05) is 51.3 Å². The Morgan fingerprint density at radius 3 is 2.53 bits per heavy atom. The third-order valence-corrected chi connectivity index (χ3v) is 10.9. The van der Waals surface area contributed by atoms with Gasteiger partial charge in [-0.3, -0.25) is 14.5 Å². The number of fused-ring (bicyclic) bond motifs is 2. The van der Waals surface area contributed by atoms with Crippen molar-refractivity contribution in [3.8, 4) is 0 Å². The van der Waals surface area contributed by atoms with Crippen LogP contribution in [0.15, 0.2) is 41.3 Å². The molecule has 3 aliphatic rings. The minimum absolute atomic E-state index is 0.0279. The predicted molar refractivity (Wildman–Crippen MR) is 173 cm³/mol. The second-order valence-electron chi connectivity index (χ2n) is 11.6. The molecule has 10 nitrogen and oxygen atoms in total. The Balaban J connectivity index is 1.26. The molecule has 0 bridgehead atoms. The van der Waals surface area contributed by atoms with Crippen molar-refractivity contribution in [1.29, 1.82) is 0 Å². The maximum atomic E-state index is 13.7. The van der Waals surface area contributed by atoms with Crippen molar-refractivity contribution in [2.24, 2.45) is 0 Å². The minimum atomic E-state index is -3.86. The van der Waals surface area contributed by atoms with Crippen LogP contribution in [0, 0.1) is 6.92 Å². The van der Waals surface area contributed by atoms with E-state index in [4.69, 9.17) is 27.9 Å². The molecule has 3 aliphatic heterocycles. The molecule has 45 heavy (non-hydrogen) atoms. The molecular weight excluding hydrogens is 639 g/mol. The van der Waals surface area contributed by atoms with Crippen molar-refractivity contribution in [3.05, 3.63) is 80.1 Å². The summed E-state index contributed by atoms with van der Waals surface area (Å²) < 4.78 is 32.2. The molecule has 13 heteroatoms. The molecule has 1 aromatic heterocycles. The molecule has 3 N–H and O–H groups in total. The van der Waals surface area contributed by atoms with Crippen LogP contribution in [0.4, 0.5) is 5.69 Å². The molecule has 0 unspecified atom stereocenters. The Kier molecular flexibility index (Phi) is 9.11. The molecule has 1 atom stereocenters. The van der Waals surface area contributed by atoms with E-state index in [-0.39, 0.29) is 38.9 Å². The zero-order valence-electron chi connectivity index (χ0n) is 24.7. The van der Waals surface area contributed by atoms with E-state index in [0.29, 0.717) is 66.4 Å². The number of carbonyl (C=O) groups excluding carboxylic acids is 2. The number of aromatic nitrogens is 1. The topological polar surface area (TPSA) is 132 Å². The number of sulfone groups is 1. The first-order valence-corrected chi connectivity index (χ1v) is 17.2. The summed E-state index contributed by atoms with van der Waals surface area (Å²) in [6.07, 6.45) is 2.33. The van der Waals surface area contributed by atoms with Crippen molar-refractivity contribution < 1.29 is 27.9 Å². The van der Waals surface area contributed by atoms with Crippen molar-refractivity contribution in [1.82, 2.24) is 14.8 Å². The highest BCUT2D eigenvalue weighted by molar-refractivity contribution is 7.90. The molecule has 238 valence electrons. The number of aliphatic hydroxyl groups is 1. The maximum absolute atomic E-state index is 13.7. The number of aryl methyl sites for hydroxylation is 1. The summed E-state index contributed by atoms with van der Waals surface area (Å²) in [5.41, 5.74) is 4.13. The average Bonchev–Trinajstić information content (AvgIpc) is 3.43. The van der Waals surface area contributed by atoms with E-state index in [1.54, 1.807) is 35.2 Å². The number of hydrogen-bond donors (Lipinski definition) is 3. The zero-order chi connectivity index (χ0) is 31.9. The summed E-state index contributed by atoms with van der Waals surface area (Å²) in [6, 6.07) is 9.31. The molecule has 1 saturated heterocycles. The normalized spacial score (nSPS) is 18.9. The summed E-state index contributed by atoms with van der Waals surface area (Å²) in [4.78, 5) is 34.0. The summed E-state index contributed by atoms with van der Waals surface area (Å²) in [5, 5.41) is 14.1. The lowest BCUT2D eigenvalue weighted by Gasteiger charge is -2.31. The van der Waals surface area contributed by atoms with Crippen molar-refractivity contribution in [2.45, 2.75) is 36.5 Å². The largest absolute Gasteiger partial charge is 0.390 e. The zero-order valence-corrected chi connectivity index (χ0v) is 27.1. The summed E-state index contributed by atoms with van der Waals surface area (Å²) >= 11 is 12.5. The van der Waals surface area contributed by atoms with Crippen LogP contribution in [0.5, 0.6) is 0 Å². The van der Waals surface area contributed by atoms with Gasteiger partial charge in [0.15, 0.2) is 9.84 Å². The molecule has 0 aliphatic carbocycles. The highest BCUT2D eigenvalue weighted by Crippen LogP contribution is 2.37. The number of amides is 2. The Morgan fingerprint density at radius 2 is 1.80 bits per heavy atom. The number of nitrogens with zero attached hydrogens (tertiary/aromatic N) is 2. The summed E-state index contributed by atoms with van der Waals surface area (Å²) in [6.45, 7) is 5.84. The second-order valence-corrected chi connectivity index (χ2v) is 14.4. The van der Waals surface area contributed by atoms with Crippen LogP contribution in [-0.2, 0) is 31.5 Å². The first-order valence-electron chi connectivity index (χ1n) is 14.8. The van der Waals surface area contributed by atoms with Gasteiger partial charge in [-0.2, -0.15) is 0 Å². The fourth-order valence-electron chi connectivity index (χ4n) is 6.17. The van der Waals surface area contributed by atoms with Gasteiger partial charge in [0.2, 0.25) is 0 Å². The number of β-amino-alcohol motifs (C(OH)–C–C–N with tert-alkyl or cyclic N) is 1. The van der Waals surface area contributed by atoms with Gasteiger partial charge < -0.3 is 25.0 Å². The van der Waals surface area contributed by atoms with E-state index >= 15 is 0 Å². The summed E-state index contributed by atoms with van der Waals surface area (Å²) in [7, 11) is -3.86. The van der Waals surface area contributed by atoms with Crippen LogP contribution in [0.2, 0.25) is 10.0 Å². The number of halogens is 2. The number of benzene rings is 2. The van der Waals surface area contributed by atoms with Gasteiger partial charge in [-0.05, 0) is 61.7 Å². The predicted octanol–water partition coefficient (Wildman–Crippen LogP) is 4.18. The number of anilines is 1. The molecule has 0 radical (unpaired) electrons. The number of carbonyl (C=O) groups is 2. The van der Waals surface area contributed by atoms with Crippen LogP contribution in [0.1, 0.15) is 44.9 Å². The number of H-pyrrole nitrogens is 1. The fraction of sp³-hybridized carbons (Fsp3) is 0.375. The number of hydrogen-bond acceptors (Lipinski definition) is 7. The second kappa shape index (κ2) is 12.9. The smallest absolute Gasteiger partial charge is 0.256 e. The van der Waals surface area contributed by atoms with Gasteiger partial charge in [-0.25, -0.2) is 8.42 Å². The van der Waals surface area contributed by atoms with Crippen molar-refractivity contribution >= 4 is 62.2 Å². The lowest BCUT2D eigenvalue weighted by Crippen LogP contribution is -2.46. The van der Waals surface area contributed by atoms with Crippen molar-refractivity contribution in [3.63, 3.8) is 0 Å². The molecule has 2 amide bonds. The quantitative estimate of drug-likeness (QED) is 0.306. The Morgan fingerprint density at radius 1 is 1.07 bits per heavy atom. The van der Waals surface area contributed by atoms with Gasteiger partial charge in [0.25, 0.3) is 11.8 Å². The highest BCUT2D eigenvalue weighted by Gasteiger charge is 2.31. The number of rotatable bonds is 8. The monoisotopic (exact) mass is 672 g/mol. The van der Waals surface area contributed by atoms with Gasteiger partial charge in [0.1, 0.15) is 0 Å². The van der Waals surface area contributed by atoms with Crippen LogP contribution in [-0.4, -0.2) is 92.2 Å². The molecular formula is C32H34Cl2N4O6S. The molecule has 6 rings (SSSR count). The fourth-order valence-corrected chi connectivity index (χ4v) is 8.29. The molecule has 3 aromatic rings. The van der Waals surface area contributed by atoms with Crippen LogP contribution in [0.25, 0.3) is 11.6 Å². The molecule has 0 saturated carbocycles. The van der Waals surface area contributed by atoms with Gasteiger partial charge in [-0.1, -0.05) is 29.3 Å². The van der Waals surface area contributed by atoms with Crippen LogP contribution < -0.4 is 5.32 Å². The lowest BCUT2D eigenvalue weighted by atomic mass is 10.0. The van der Waals surface area contributed by atoms with Gasteiger partial charge in [0, 0.05) is 71.0 Å². The first kappa shape index (κ1) is 31.8. The van der Waals surface area contributed by atoms with Gasteiger partial charge >= 0.3 is 0 Å². The highest BCUT2D eigenvalue weighted by atomic mass is 35.5. The minimum Gasteiger partial charge on any atom is -0.390 e. The van der Waals surface area contributed by atoms with E-state index < -0.39 is 21.7 Å². The number of morpholine rings is 1. The van der Waals surface area contributed by atoms with E-state index in [1.807, 2.05) is 6.92 Å². The number of nitrogens with one attached hydrogen (secondary N) is 2. The van der Waals surface area contributed by atoms with Gasteiger partial charge in [-0.15, -0.1) is 0 Å². The molecule has 1 fully saturated rings.